The molecule has 1 aliphatic rings. The van der Waals surface area contributed by atoms with Crippen LogP contribution in [-0.2, 0) is 11.3 Å². The van der Waals surface area contributed by atoms with Crippen LogP contribution in [0, 0.1) is 0 Å². The van der Waals surface area contributed by atoms with E-state index in [1.807, 2.05) is 24.3 Å². The van der Waals surface area contributed by atoms with Crippen molar-refractivity contribution in [2.24, 2.45) is 0 Å². The van der Waals surface area contributed by atoms with Crippen LogP contribution < -0.4 is 4.90 Å². The normalized spacial score (nSPS) is 16.1. The maximum Gasteiger partial charge on any atom is 0.259 e. The lowest BCUT2D eigenvalue weighted by Crippen LogP contribution is -2.43. The Bertz CT molecular complexity index is 713. The van der Waals surface area contributed by atoms with Crippen LogP contribution in [0.25, 0.3) is 11.5 Å². The van der Waals surface area contributed by atoms with Gasteiger partial charge in [-0.25, -0.2) is 4.98 Å². The Morgan fingerprint density at radius 3 is 2.76 bits per heavy atom. The highest BCUT2D eigenvalue weighted by Gasteiger charge is 2.39. The average Bonchev–Trinajstić information content (AvgIpc) is 3.24. The maximum absolute atomic E-state index is 5.27. The predicted molar refractivity (Wildman–Crippen MR) is 97.2 cm³/mol. The summed E-state index contributed by atoms with van der Waals surface area (Å²) >= 11 is 0. The number of pyridine rings is 1. The molecule has 2 aromatic heterocycles. The van der Waals surface area contributed by atoms with Crippen LogP contribution in [0.3, 0.4) is 0 Å². The van der Waals surface area contributed by atoms with Crippen molar-refractivity contribution in [1.29, 1.82) is 0 Å². The Labute approximate surface area is 148 Å². The molecule has 3 heterocycles. The minimum absolute atomic E-state index is 0.0359. The van der Waals surface area contributed by atoms with Gasteiger partial charge in [-0.3, -0.25) is 0 Å². The molecule has 0 bridgehead atoms. The molecule has 1 saturated heterocycles. The minimum atomic E-state index is 0.0359. The molecule has 3 rings (SSSR count). The van der Waals surface area contributed by atoms with E-state index in [1.54, 1.807) is 13.3 Å². The number of rotatable bonds is 8. The number of methoxy groups -OCH3 is 1. The number of hydrogen-bond acceptors (Lipinski definition) is 6. The van der Waals surface area contributed by atoms with Crippen LogP contribution in [0.5, 0.6) is 0 Å². The summed E-state index contributed by atoms with van der Waals surface area (Å²) in [7, 11) is 1.60. The topological polar surface area (TPSA) is 64.3 Å². The molecule has 0 N–H and O–H groups in total. The van der Waals surface area contributed by atoms with Crippen molar-refractivity contribution in [3.05, 3.63) is 49.5 Å². The van der Waals surface area contributed by atoms with E-state index >= 15 is 0 Å². The summed E-state index contributed by atoms with van der Waals surface area (Å²) in [5, 5.41) is 3.88. The van der Waals surface area contributed by atoms with Crippen LogP contribution in [0.4, 0.5) is 5.82 Å². The Hall–Kier alpha value is -2.47. The zero-order chi connectivity index (χ0) is 17.7. The molecule has 0 unspecified atom stereocenters. The first-order valence-corrected chi connectivity index (χ1v) is 8.50. The van der Waals surface area contributed by atoms with Crippen LogP contribution in [0.1, 0.15) is 31.5 Å². The summed E-state index contributed by atoms with van der Waals surface area (Å²) in [6.45, 7) is 9.18. The second-order valence-electron chi connectivity index (χ2n) is 6.32. The highest BCUT2D eigenvalue weighted by molar-refractivity contribution is 5.56. The van der Waals surface area contributed by atoms with Gasteiger partial charge in [0.1, 0.15) is 12.4 Å². The fourth-order valence-electron chi connectivity index (χ4n) is 3.57. The van der Waals surface area contributed by atoms with Gasteiger partial charge in [-0.15, -0.1) is 13.2 Å². The molecular formula is C19H24N4O2. The van der Waals surface area contributed by atoms with Gasteiger partial charge in [-0.1, -0.05) is 17.3 Å². The van der Waals surface area contributed by atoms with Crippen LogP contribution in [0.2, 0.25) is 0 Å². The largest absolute Gasteiger partial charge is 0.377 e. The van der Waals surface area contributed by atoms with E-state index in [0.717, 1.165) is 43.6 Å². The lowest BCUT2D eigenvalue weighted by molar-refractivity contribution is 0.174. The second-order valence-corrected chi connectivity index (χ2v) is 6.32. The number of aromatic nitrogens is 3. The quantitative estimate of drug-likeness (QED) is 0.682. The zero-order valence-electron chi connectivity index (χ0n) is 14.6. The van der Waals surface area contributed by atoms with E-state index in [1.165, 1.54) is 0 Å². The van der Waals surface area contributed by atoms with Crippen molar-refractivity contribution in [1.82, 2.24) is 15.1 Å². The van der Waals surface area contributed by atoms with Gasteiger partial charge in [-0.2, -0.15) is 4.98 Å². The third-order valence-electron chi connectivity index (χ3n) is 4.66. The molecule has 2 aromatic rings. The molecular weight excluding hydrogens is 316 g/mol. The molecule has 1 fully saturated rings. The van der Waals surface area contributed by atoms with Crippen molar-refractivity contribution in [2.75, 3.05) is 18.6 Å². The number of hydrogen-bond donors (Lipinski definition) is 0. The SMILES string of the molecule is C=CCC1(CC=C)CCCN1c1ccc(-c2nc(COC)no2)cn1. The monoisotopic (exact) mass is 340 g/mol. The Morgan fingerprint density at radius 1 is 1.32 bits per heavy atom. The standard InChI is InChI=1S/C19H24N4O2/c1-4-9-19(10-5-2)11-6-12-23(19)17-8-7-15(13-20-17)18-21-16(14-24-3)22-25-18/h4-5,7-8,13H,1-2,6,9-12,14H2,3H3. The Morgan fingerprint density at radius 2 is 2.12 bits per heavy atom. The van der Waals surface area contributed by atoms with E-state index in [4.69, 9.17) is 9.26 Å². The predicted octanol–water partition coefficient (Wildman–Crippen LogP) is 3.77. The van der Waals surface area contributed by atoms with Crippen LogP contribution in [0.15, 0.2) is 48.2 Å². The van der Waals surface area contributed by atoms with Gasteiger partial charge in [0.15, 0.2) is 5.82 Å². The van der Waals surface area contributed by atoms with Gasteiger partial charge < -0.3 is 14.2 Å². The first-order valence-electron chi connectivity index (χ1n) is 8.50. The molecule has 6 nitrogen and oxygen atoms in total. The minimum Gasteiger partial charge on any atom is -0.377 e. The summed E-state index contributed by atoms with van der Waals surface area (Å²) in [6.07, 6.45) is 9.88. The van der Waals surface area contributed by atoms with Crippen molar-refractivity contribution in [3.8, 4) is 11.5 Å². The summed E-state index contributed by atoms with van der Waals surface area (Å²) in [5.41, 5.74) is 0.838. The number of nitrogens with zero attached hydrogens (tertiary/aromatic N) is 4. The second kappa shape index (κ2) is 7.61. The zero-order valence-corrected chi connectivity index (χ0v) is 14.6. The first-order chi connectivity index (χ1) is 12.2. The van der Waals surface area contributed by atoms with Crippen LogP contribution >= 0.6 is 0 Å². The van der Waals surface area contributed by atoms with Crippen molar-refractivity contribution in [3.63, 3.8) is 0 Å². The van der Waals surface area contributed by atoms with Gasteiger partial charge in [-0.05, 0) is 37.8 Å². The van der Waals surface area contributed by atoms with Crippen LogP contribution in [-0.4, -0.2) is 34.3 Å². The van der Waals surface area contributed by atoms with E-state index in [2.05, 4.69) is 33.2 Å². The first kappa shape index (κ1) is 17.4. The lowest BCUT2D eigenvalue weighted by Gasteiger charge is -2.38. The fourth-order valence-corrected chi connectivity index (χ4v) is 3.57. The molecule has 1 aliphatic heterocycles. The van der Waals surface area contributed by atoms with Gasteiger partial charge in [0.25, 0.3) is 5.89 Å². The van der Waals surface area contributed by atoms with Crippen molar-refractivity contribution >= 4 is 5.82 Å². The summed E-state index contributed by atoms with van der Waals surface area (Å²) < 4.78 is 10.3. The molecule has 0 atom stereocenters. The van der Waals surface area contributed by atoms with Crippen molar-refractivity contribution < 1.29 is 9.26 Å². The molecule has 0 amide bonds. The summed E-state index contributed by atoms with van der Waals surface area (Å²) in [4.78, 5) is 11.3. The van der Waals surface area contributed by atoms with Gasteiger partial charge in [0, 0.05) is 25.4 Å². The van der Waals surface area contributed by atoms with E-state index in [-0.39, 0.29) is 5.54 Å². The van der Waals surface area contributed by atoms with E-state index in [9.17, 15) is 0 Å². The van der Waals surface area contributed by atoms with Gasteiger partial charge in [0.2, 0.25) is 0 Å². The summed E-state index contributed by atoms with van der Waals surface area (Å²) in [5.74, 6) is 1.94. The smallest absolute Gasteiger partial charge is 0.259 e. The summed E-state index contributed by atoms with van der Waals surface area (Å²) in [6, 6.07) is 3.99. The Kier molecular flexibility index (Phi) is 5.28. The maximum atomic E-state index is 5.27. The fraction of sp³-hybridized carbons (Fsp3) is 0.421. The van der Waals surface area contributed by atoms with Gasteiger partial charge >= 0.3 is 0 Å². The molecule has 6 heteroatoms. The number of anilines is 1. The molecule has 132 valence electrons. The molecule has 0 aromatic carbocycles. The van der Waals surface area contributed by atoms with Gasteiger partial charge in [0.05, 0.1) is 5.56 Å². The molecule has 0 aliphatic carbocycles. The highest BCUT2D eigenvalue weighted by atomic mass is 16.5. The third-order valence-corrected chi connectivity index (χ3v) is 4.66. The van der Waals surface area contributed by atoms with E-state index < -0.39 is 0 Å². The third kappa shape index (κ3) is 3.49. The molecule has 0 spiro atoms. The number of ether oxygens (including phenoxy) is 1. The Balaban J connectivity index is 1.83. The molecule has 0 radical (unpaired) electrons. The molecule has 0 saturated carbocycles. The lowest BCUT2D eigenvalue weighted by atomic mass is 9.88. The average molecular weight is 340 g/mol. The highest BCUT2D eigenvalue weighted by Crippen LogP contribution is 2.39. The van der Waals surface area contributed by atoms with E-state index in [0.29, 0.717) is 18.3 Å². The van der Waals surface area contributed by atoms with Crippen molar-refractivity contribution in [2.45, 2.75) is 37.8 Å². The molecule has 25 heavy (non-hydrogen) atoms.